The molecule has 0 fully saturated rings. The summed E-state index contributed by atoms with van der Waals surface area (Å²) in [5, 5.41) is 14.0. The largest absolute Gasteiger partial charge is 0.383 e. The number of aromatic amines is 1. The van der Waals surface area contributed by atoms with Gasteiger partial charge in [-0.25, -0.2) is 0 Å². The summed E-state index contributed by atoms with van der Waals surface area (Å²) in [6.07, 6.45) is 3.92. The Morgan fingerprint density at radius 1 is 1.61 bits per heavy atom. The molecule has 18 heavy (non-hydrogen) atoms. The minimum Gasteiger partial charge on any atom is -0.383 e. The van der Waals surface area contributed by atoms with Gasteiger partial charge < -0.3 is 15.4 Å². The molecule has 1 atom stereocenters. The molecule has 0 aliphatic carbocycles. The van der Waals surface area contributed by atoms with Crippen molar-refractivity contribution in [2.24, 2.45) is 0 Å². The molecule has 0 saturated carbocycles. The number of nitrogens with one attached hydrogen (secondary N) is 3. The van der Waals surface area contributed by atoms with E-state index in [2.05, 4.69) is 20.8 Å². The van der Waals surface area contributed by atoms with Crippen molar-refractivity contribution < 1.29 is 4.74 Å². The molecular formula is C12H22N4OS. The summed E-state index contributed by atoms with van der Waals surface area (Å²) in [6, 6.07) is 0.228. The molecule has 3 N–H and O–H groups in total. The maximum Gasteiger partial charge on any atom is 0.166 e. The molecular weight excluding hydrogens is 248 g/mol. The van der Waals surface area contributed by atoms with Gasteiger partial charge in [-0.15, -0.1) is 0 Å². The Morgan fingerprint density at radius 3 is 3.00 bits per heavy atom. The van der Waals surface area contributed by atoms with Gasteiger partial charge in [0, 0.05) is 25.4 Å². The molecule has 102 valence electrons. The van der Waals surface area contributed by atoms with Gasteiger partial charge in [0.25, 0.3) is 0 Å². The number of H-pyrrole nitrogens is 1. The lowest BCUT2D eigenvalue weighted by molar-refractivity contribution is 0.179. The molecule has 6 heteroatoms. The van der Waals surface area contributed by atoms with Crippen LogP contribution in [0.2, 0.25) is 0 Å². The second-order valence-electron chi connectivity index (χ2n) is 4.38. The topological polar surface area (TPSA) is 62.0 Å². The van der Waals surface area contributed by atoms with E-state index in [1.54, 1.807) is 7.11 Å². The van der Waals surface area contributed by atoms with Crippen LogP contribution in [0.3, 0.4) is 0 Å². The fourth-order valence-corrected chi connectivity index (χ4v) is 1.98. The monoisotopic (exact) mass is 270 g/mol. The molecule has 0 saturated heterocycles. The fourth-order valence-electron chi connectivity index (χ4n) is 1.67. The first-order valence-corrected chi connectivity index (χ1v) is 6.56. The van der Waals surface area contributed by atoms with Crippen molar-refractivity contribution in [2.45, 2.75) is 32.7 Å². The minimum absolute atomic E-state index is 0.228. The Labute approximate surface area is 114 Å². The summed E-state index contributed by atoms with van der Waals surface area (Å²) >= 11 is 5.19. The maximum atomic E-state index is 5.19. The SMILES string of the molecule is COCC(C)NC(=S)NCCCc1cn[nH]c1C. The minimum atomic E-state index is 0.228. The van der Waals surface area contributed by atoms with Crippen molar-refractivity contribution in [3.63, 3.8) is 0 Å². The summed E-state index contributed by atoms with van der Waals surface area (Å²) in [6.45, 7) is 5.58. The third kappa shape index (κ3) is 5.46. The number of aromatic nitrogens is 2. The predicted molar refractivity (Wildman–Crippen MR) is 76.7 cm³/mol. The van der Waals surface area contributed by atoms with Crippen LogP contribution in [0, 0.1) is 6.92 Å². The van der Waals surface area contributed by atoms with Crippen molar-refractivity contribution in [3.05, 3.63) is 17.5 Å². The van der Waals surface area contributed by atoms with Gasteiger partial charge in [-0.05, 0) is 44.5 Å². The van der Waals surface area contributed by atoms with Crippen LogP contribution >= 0.6 is 12.2 Å². The molecule has 0 radical (unpaired) electrons. The van der Waals surface area contributed by atoms with E-state index in [1.165, 1.54) is 5.56 Å². The van der Waals surface area contributed by atoms with E-state index in [0.29, 0.717) is 11.7 Å². The van der Waals surface area contributed by atoms with Gasteiger partial charge >= 0.3 is 0 Å². The van der Waals surface area contributed by atoms with Crippen LogP contribution in [0.15, 0.2) is 6.20 Å². The number of hydrogen-bond acceptors (Lipinski definition) is 3. The van der Waals surface area contributed by atoms with Gasteiger partial charge in [-0.3, -0.25) is 5.10 Å². The van der Waals surface area contributed by atoms with Crippen molar-refractivity contribution in [3.8, 4) is 0 Å². The molecule has 1 unspecified atom stereocenters. The third-order valence-electron chi connectivity index (χ3n) is 2.64. The standard InChI is InChI=1S/C12H22N4OS/c1-9(8-17-3)15-12(18)13-6-4-5-11-7-14-16-10(11)2/h7,9H,4-6,8H2,1-3H3,(H,14,16)(H2,13,15,18). The highest BCUT2D eigenvalue weighted by atomic mass is 32.1. The molecule has 0 bridgehead atoms. The van der Waals surface area contributed by atoms with Crippen molar-refractivity contribution in [2.75, 3.05) is 20.3 Å². The number of thiocarbonyl (C=S) groups is 1. The summed E-state index contributed by atoms with van der Waals surface area (Å²) < 4.78 is 5.03. The predicted octanol–water partition coefficient (Wildman–Crippen LogP) is 1.15. The van der Waals surface area contributed by atoms with Crippen LogP contribution in [-0.4, -0.2) is 41.6 Å². The third-order valence-corrected chi connectivity index (χ3v) is 2.90. The van der Waals surface area contributed by atoms with Crippen LogP contribution in [0.4, 0.5) is 0 Å². The Morgan fingerprint density at radius 2 is 2.39 bits per heavy atom. The molecule has 1 rings (SSSR count). The average Bonchev–Trinajstić information content (AvgIpc) is 2.71. The lowest BCUT2D eigenvalue weighted by Crippen LogP contribution is -2.42. The Kier molecular flexibility index (Phi) is 6.67. The first-order chi connectivity index (χ1) is 8.63. The van der Waals surface area contributed by atoms with Crippen molar-refractivity contribution >= 4 is 17.3 Å². The number of methoxy groups -OCH3 is 1. The van der Waals surface area contributed by atoms with Crippen molar-refractivity contribution in [1.29, 1.82) is 0 Å². The van der Waals surface area contributed by atoms with Crippen molar-refractivity contribution in [1.82, 2.24) is 20.8 Å². The second-order valence-corrected chi connectivity index (χ2v) is 4.79. The summed E-state index contributed by atoms with van der Waals surface area (Å²) in [7, 11) is 1.68. The molecule has 0 spiro atoms. The quantitative estimate of drug-likeness (QED) is 0.512. The van der Waals surface area contributed by atoms with E-state index >= 15 is 0 Å². The lowest BCUT2D eigenvalue weighted by atomic mass is 10.1. The highest BCUT2D eigenvalue weighted by molar-refractivity contribution is 7.80. The van der Waals surface area contributed by atoms with Gasteiger partial charge in [-0.1, -0.05) is 0 Å². The summed E-state index contributed by atoms with van der Waals surface area (Å²) in [5.74, 6) is 0. The molecule has 1 aromatic rings. The van der Waals surface area contributed by atoms with Crippen LogP contribution in [-0.2, 0) is 11.2 Å². The Bertz CT molecular complexity index is 367. The first-order valence-electron chi connectivity index (χ1n) is 6.15. The highest BCUT2D eigenvalue weighted by Crippen LogP contribution is 2.04. The second kappa shape index (κ2) is 8.05. The fraction of sp³-hybridized carbons (Fsp3) is 0.667. The number of hydrogen-bond donors (Lipinski definition) is 3. The average molecular weight is 270 g/mol. The molecule has 0 aliphatic rings. The zero-order chi connectivity index (χ0) is 13.4. The van der Waals surface area contributed by atoms with Crippen LogP contribution in [0.25, 0.3) is 0 Å². The van der Waals surface area contributed by atoms with Gasteiger partial charge in [-0.2, -0.15) is 5.10 Å². The number of aryl methyl sites for hydroxylation is 2. The normalized spacial score (nSPS) is 12.2. The van der Waals surface area contributed by atoms with E-state index in [1.807, 2.05) is 20.0 Å². The van der Waals surface area contributed by atoms with Crippen LogP contribution in [0.1, 0.15) is 24.6 Å². The molecule has 0 aliphatic heterocycles. The van der Waals surface area contributed by atoms with E-state index < -0.39 is 0 Å². The number of nitrogens with zero attached hydrogens (tertiary/aromatic N) is 1. The lowest BCUT2D eigenvalue weighted by Gasteiger charge is -2.15. The molecule has 5 nitrogen and oxygen atoms in total. The Balaban J connectivity index is 2.11. The number of rotatable bonds is 7. The first kappa shape index (κ1) is 14.9. The molecule has 0 aromatic carbocycles. The highest BCUT2D eigenvalue weighted by Gasteiger charge is 2.03. The van der Waals surface area contributed by atoms with E-state index in [-0.39, 0.29) is 6.04 Å². The molecule has 0 amide bonds. The van der Waals surface area contributed by atoms with Gasteiger partial charge in [0.15, 0.2) is 5.11 Å². The van der Waals surface area contributed by atoms with Crippen LogP contribution < -0.4 is 10.6 Å². The Hall–Kier alpha value is -1.14. The van der Waals surface area contributed by atoms with Crippen LogP contribution in [0.5, 0.6) is 0 Å². The van der Waals surface area contributed by atoms with Gasteiger partial charge in [0.1, 0.15) is 0 Å². The van der Waals surface area contributed by atoms with E-state index in [9.17, 15) is 0 Å². The van der Waals surface area contributed by atoms with Gasteiger partial charge in [0.2, 0.25) is 0 Å². The van der Waals surface area contributed by atoms with E-state index in [0.717, 1.165) is 25.1 Å². The number of ether oxygens (including phenoxy) is 1. The van der Waals surface area contributed by atoms with Gasteiger partial charge in [0.05, 0.1) is 12.8 Å². The molecule has 1 heterocycles. The zero-order valence-electron chi connectivity index (χ0n) is 11.2. The zero-order valence-corrected chi connectivity index (χ0v) is 12.1. The summed E-state index contributed by atoms with van der Waals surface area (Å²) in [5.41, 5.74) is 2.41. The van der Waals surface area contributed by atoms with E-state index in [4.69, 9.17) is 17.0 Å². The smallest absolute Gasteiger partial charge is 0.166 e. The molecule has 1 aromatic heterocycles. The maximum absolute atomic E-state index is 5.19. The summed E-state index contributed by atoms with van der Waals surface area (Å²) in [4.78, 5) is 0.